The summed E-state index contributed by atoms with van der Waals surface area (Å²) in [5.74, 6) is -0.104. The molecule has 0 radical (unpaired) electrons. The first kappa shape index (κ1) is 10.1. The van der Waals surface area contributed by atoms with Crippen LogP contribution in [-0.2, 0) is 11.8 Å². The van der Waals surface area contributed by atoms with Gasteiger partial charge < -0.3 is 0 Å². The van der Waals surface area contributed by atoms with Crippen LogP contribution in [-0.4, -0.2) is 0 Å². The molecule has 1 aromatic heterocycles. The van der Waals surface area contributed by atoms with Crippen molar-refractivity contribution in [3.05, 3.63) is 34.5 Å². The average Bonchev–Trinajstić information content (AvgIpc) is 2.61. The predicted molar refractivity (Wildman–Crippen MR) is 63.8 cm³/mol. The Morgan fingerprint density at radius 3 is 2.79 bits per heavy atom. The van der Waals surface area contributed by atoms with Crippen molar-refractivity contribution >= 4 is 37.4 Å². The fraction of sp³-hybridized carbons (Fsp3) is 0.273. The van der Waals surface area contributed by atoms with Crippen molar-refractivity contribution in [3.63, 3.8) is 0 Å². The Labute approximate surface area is 94.9 Å². The highest BCUT2D eigenvalue weighted by atomic mass is 79.9. The van der Waals surface area contributed by atoms with E-state index in [2.05, 4.69) is 28.9 Å². The predicted octanol–water partition coefficient (Wildman–Crippen LogP) is 4.50. The molecule has 0 bridgehead atoms. The van der Waals surface area contributed by atoms with E-state index < -0.39 is 0 Å². The number of alkyl halides is 1. The summed E-state index contributed by atoms with van der Waals surface area (Å²) >= 11 is 5.02. The third-order valence-electron chi connectivity index (χ3n) is 2.20. The molecule has 0 fully saturated rings. The van der Waals surface area contributed by atoms with Gasteiger partial charge >= 0.3 is 0 Å². The Balaban J connectivity index is 2.67. The molecule has 2 rings (SSSR count). The zero-order valence-electron chi connectivity index (χ0n) is 7.81. The van der Waals surface area contributed by atoms with Crippen LogP contribution in [0.4, 0.5) is 4.39 Å². The maximum Gasteiger partial charge on any atom is 0.132 e. The lowest BCUT2D eigenvalue weighted by Gasteiger charge is -1.96. The molecule has 0 atom stereocenters. The van der Waals surface area contributed by atoms with Gasteiger partial charge in [0.2, 0.25) is 0 Å². The minimum atomic E-state index is -0.104. The smallest absolute Gasteiger partial charge is 0.132 e. The number of benzene rings is 1. The minimum Gasteiger partial charge on any atom is -0.206 e. The fourth-order valence-corrected chi connectivity index (χ4v) is 2.86. The standard InChI is InChI=1S/C11H10BrFS/c1-2-8-5-9-10(13)3-7(6-12)4-11(9)14-8/h3-5H,2,6H2,1H3. The Hall–Kier alpha value is -0.410. The highest BCUT2D eigenvalue weighted by Crippen LogP contribution is 2.29. The van der Waals surface area contributed by atoms with Crippen LogP contribution < -0.4 is 0 Å². The van der Waals surface area contributed by atoms with Crippen LogP contribution in [0.15, 0.2) is 18.2 Å². The molecule has 0 aliphatic rings. The lowest BCUT2D eigenvalue weighted by Crippen LogP contribution is -1.80. The van der Waals surface area contributed by atoms with Gasteiger partial charge in [0.05, 0.1) is 0 Å². The lowest BCUT2D eigenvalue weighted by atomic mass is 10.2. The van der Waals surface area contributed by atoms with Crippen molar-refractivity contribution in [1.82, 2.24) is 0 Å². The highest BCUT2D eigenvalue weighted by molar-refractivity contribution is 9.08. The van der Waals surface area contributed by atoms with Gasteiger partial charge in [-0.3, -0.25) is 0 Å². The SMILES string of the molecule is CCc1cc2c(F)cc(CBr)cc2s1. The van der Waals surface area contributed by atoms with Crippen molar-refractivity contribution in [2.75, 3.05) is 0 Å². The second-order valence-electron chi connectivity index (χ2n) is 3.19. The Bertz CT molecular complexity index is 462. The summed E-state index contributed by atoms with van der Waals surface area (Å²) in [7, 11) is 0. The molecule has 0 saturated heterocycles. The van der Waals surface area contributed by atoms with Crippen molar-refractivity contribution < 1.29 is 4.39 Å². The molecular formula is C11H10BrFS. The van der Waals surface area contributed by atoms with Crippen molar-refractivity contribution in [2.45, 2.75) is 18.7 Å². The monoisotopic (exact) mass is 272 g/mol. The maximum atomic E-state index is 13.6. The van der Waals surface area contributed by atoms with Gasteiger partial charge in [0.25, 0.3) is 0 Å². The van der Waals surface area contributed by atoms with E-state index >= 15 is 0 Å². The van der Waals surface area contributed by atoms with Crippen LogP contribution >= 0.6 is 27.3 Å². The van der Waals surface area contributed by atoms with Crippen LogP contribution in [0.25, 0.3) is 10.1 Å². The first-order valence-corrected chi connectivity index (χ1v) is 6.45. The van der Waals surface area contributed by atoms with Gasteiger partial charge in [-0.15, -0.1) is 11.3 Å². The summed E-state index contributed by atoms with van der Waals surface area (Å²) in [6, 6.07) is 5.60. The van der Waals surface area contributed by atoms with Crippen molar-refractivity contribution in [3.8, 4) is 0 Å². The van der Waals surface area contributed by atoms with Crippen LogP contribution in [0, 0.1) is 5.82 Å². The Morgan fingerprint density at radius 2 is 2.14 bits per heavy atom. The highest BCUT2D eigenvalue weighted by Gasteiger charge is 2.07. The molecule has 1 heterocycles. The number of fused-ring (bicyclic) bond motifs is 1. The van der Waals surface area contributed by atoms with Gasteiger partial charge in [0, 0.05) is 20.3 Å². The number of hydrogen-bond donors (Lipinski definition) is 0. The molecule has 14 heavy (non-hydrogen) atoms. The zero-order chi connectivity index (χ0) is 10.1. The van der Waals surface area contributed by atoms with E-state index in [0.29, 0.717) is 5.33 Å². The van der Waals surface area contributed by atoms with E-state index in [4.69, 9.17) is 0 Å². The number of thiophene rings is 1. The second-order valence-corrected chi connectivity index (χ2v) is 4.92. The van der Waals surface area contributed by atoms with E-state index in [0.717, 1.165) is 22.1 Å². The summed E-state index contributed by atoms with van der Waals surface area (Å²) in [5, 5.41) is 1.47. The number of rotatable bonds is 2. The third kappa shape index (κ3) is 1.71. The number of hydrogen-bond acceptors (Lipinski definition) is 1. The van der Waals surface area contributed by atoms with E-state index in [1.165, 1.54) is 4.88 Å². The molecule has 0 aliphatic heterocycles. The fourth-order valence-electron chi connectivity index (χ4n) is 1.45. The summed E-state index contributed by atoms with van der Waals surface area (Å²) in [6.45, 7) is 2.09. The molecule has 0 amide bonds. The Kier molecular flexibility index (Phi) is 2.88. The molecule has 3 heteroatoms. The van der Waals surface area contributed by atoms with Gasteiger partial charge in [-0.2, -0.15) is 0 Å². The minimum absolute atomic E-state index is 0.104. The largest absolute Gasteiger partial charge is 0.206 e. The van der Waals surface area contributed by atoms with Crippen LogP contribution in [0.3, 0.4) is 0 Å². The summed E-state index contributed by atoms with van der Waals surface area (Å²) < 4.78 is 14.6. The topological polar surface area (TPSA) is 0 Å². The first-order valence-electron chi connectivity index (χ1n) is 4.51. The lowest BCUT2D eigenvalue weighted by molar-refractivity contribution is 0.639. The third-order valence-corrected chi connectivity index (χ3v) is 4.07. The Morgan fingerprint density at radius 1 is 1.36 bits per heavy atom. The maximum absolute atomic E-state index is 13.6. The van der Waals surface area contributed by atoms with Crippen LogP contribution in [0.5, 0.6) is 0 Å². The van der Waals surface area contributed by atoms with E-state index in [1.54, 1.807) is 17.4 Å². The van der Waals surface area contributed by atoms with Gasteiger partial charge in [-0.05, 0) is 30.2 Å². The molecule has 0 N–H and O–H groups in total. The first-order chi connectivity index (χ1) is 6.74. The molecular weight excluding hydrogens is 263 g/mol. The molecule has 2 aromatic rings. The van der Waals surface area contributed by atoms with Crippen LogP contribution in [0.2, 0.25) is 0 Å². The summed E-state index contributed by atoms with van der Waals surface area (Å²) in [5.41, 5.74) is 1.000. The quantitative estimate of drug-likeness (QED) is 0.707. The normalized spacial score (nSPS) is 11.1. The van der Waals surface area contributed by atoms with Crippen molar-refractivity contribution in [1.29, 1.82) is 0 Å². The summed E-state index contributed by atoms with van der Waals surface area (Å²) in [4.78, 5) is 1.24. The summed E-state index contributed by atoms with van der Waals surface area (Å²) in [6.07, 6.45) is 0.975. The van der Waals surface area contributed by atoms with Crippen molar-refractivity contribution in [2.24, 2.45) is 0 Å². The van der Waals surface area contributed by atoms with Gasteiger partial charge in [-0.1, -0.05) is 22.9 Å². The van der Waals surface area contributed by atoms with Gasteiger partial charge in [0.15, 0.2) is 0 Å². The second kappa shape index (κ2) is 3.99. The van der Waals surface area contributed by atoms with E-state index in [9.17, 15) is 4.39 Å². The molecule has 1 aromatic carbocycles. The molecule has 0 nitrogen and oxygen atoms in total. The molecule has 0 spiro atoms. The van der Waals surface area contributed by atoms with Gasteiger partial charge in [-0.25, -0.2) is 4.39 Å². The van der Waals surface area contributed by atoms with E-state index in [-0.39, 0.29) is 5.82 Å². The molecule has 0 unspecified atom stereocenters. The van der Waals surface area contributed by atoms with Crippen LogP contribution in [0.1, 0.15) is 17.4 Å². The molecule has 0 aliphatic carbocycles. The average molecular weight is 273 g/mol. The molecule has 74 valence electrons. The van der Waals surface area contributed by atoms with Gasteiger partial charge in [0.1, 0.15) is 5.82 Å². The number of aryl methyl sites for hydroxylation is 1. The zero-order valence-corrected chi connectivity index (χ0v) is 10.2. The van der Waals surface area contributed by atoms with E-state index in [1.807, 2.05) is 6.07 Å². The number of halogens is 2. The molecule has 0 saturated carbocycles.